The zero-order valence-electron chi connectivity index (χ0n) is 15.4. The molecule has 5 heteroatoms. The lowest BCUT2D eigenvalue weighted by Crippen LogP contribution is -2.29. The van der Waals surface area contributed by atoms with Crippen molar-refractivity contribution in [3.05, 3.63) is 54.7 Å². The normalized spacial score (nSPS) is 17.0. The van der Waals surface area contributed by atoms with Crippen molar-refractivity contribution in [1.29, 1.82) is 0 Å². The number of aromatic nitrogens is 1. The van der Waals surface area contributed by atoms with Crippen molar-refractivity contribution in [3.63, 3.8) is 0 Å². The Morgan fingerprint density at radius 3 is 2.81 bits per heavy atom. The van der Waals surface area contributed by atoms with Gasteiger partial charge in [-0.15, -0.1) is 0 Å². The van der Waals surface area contributed by atoms with E-state index in [1.54, 1.807) is 7.11 Å². The number of para-hydroxylation sites is 1. The van der Waals surface area contributed by atoms with Crippen LogP contribution >= 0.6 is 0 Å². The molecule has 5 nitrogen and oxygen atoms in total. The monoisotopic (exact) mass is 365 g/mol. The van der Waals surface area contributed by atoms with E-state index in [2.05, 4.69) is 23.2 Å². The zero-order chi connectivity index (χ0) is 18.5. The molecule has 0 bridgehead atoms. The van der Waals surface area contributed by atoms with Crippen LogP contribution in [-0.4, -0.2) is 44.6 Å². The molecule has 27 heavy (non-hydrogen) atoms. The smallest absolute Gasteiger partial charge is 0.123 e. The fourth-order valence-electron chi connectivity index (χ4n) is 3.28. The van der Waals surface area contributed by atoms with Crippen LogP contribution in [0.4, 0.5) is 0 Å². The summed E-state index contributed by atoms with van der Waals surface area (Å²) in [6.07, 6.45) is 2.71. The molecule has 1 atom stereocenters. The molecular formula is C22H23NO4. The van der Waals surface area contributed by atoms with Gasteiger partial charge in [-0.3, -0.25) is 4.98 Å². The highest BCUT2D eigenvalue weighted by atomic mass is 16.6. The molecular weight excluding hydrogens is 342 g/mol. The van der Waals surface area contributed by atoms with Gasteiger partial charge in [0.25, 0.3) is 0 Å². The van der Waals surface area contributed by atoms with E-state index in [0.717, 1.165) is 39.9 Å². The summed E-state index contributed by atoms with van der Waals surface area (Å²) in [6.45, 7) is 2.53. The lowest BCUT2D eigenvalue weighted by atomic mass is 10.0. The number of ether oxygens (including phenoxy) is 4. The third-order valence-electron chi connectivity index (χ3n) is 4.65. The zero-order valence-corrected chi connectivity index (χ0v) is 15.4. The number of methoxy groups -OCH3 is 1. The highest BCUT2D eigenvalue weighted by molar-refractivity contribution is 5.93. The maximum Gasteiger partial charge on any atom is 0.123 e. The Hall–Kier alpha value is -2.63. The van der Waals surface area contributed by atoms with Gasteiger partial charge in [-0.2, -0.15) is 0 Å². The molecule has 0 N–H and O–H groups in total. The fraction of sp³-hybridized carbons (Fsp3) is 0.318. The molecule has 1 aliphatic rings. The predicted octanol–water partition coefficient (Wildman–Crippen LogP) is 4.09. The van der Waals surface area contributed by atoms with Crippen LogP contribution in [0.25, 0.3) is 22.0 Å². The fourth-order valence-corrected chi connectivity index (χ4v) is 3.28. The average molecular weight is 365 g/mol. The summed E-state index contributed by atoms with van der Waals surface area (Å²) in [7, 11) is 1.66. The van der Waals surface area contributed by atoms with Crippen LogP contribution in [0.1, 0.15) is 6.42 Å². The minimum atomic E-state index is 0.103. The minimum Gasteiger partial charge on any atom is -0.497 e. The summed E-state index contributed by atoms with van der Waals surface area (Å²) < 4.78 is 22.6. The molecule has 1 aliphatic heterocycles. The first kappa shape index (κ1) is 17.8. The highest BCUT2D eigenvalue weighted by Gasteiger charge is 2.14. The van der Waals surface area contributed by atoms with Crippen molar-refractivity contribution in [1.82, 2.24) is 4.98 Å². The second-order valence-electron chi connectivity index (χ2n) is 6.48. The maximum atomic E-state index is 5.99. The molecule has 0 radical (unpaired) electrons. The first-order chi connectivity index (χ1) is 13.3. The third-order valence-corrected chi connectivity index (χ3v) is 4.65. The van der Waals surface area contributed by atoms with E-state index in [-0.39, 0.29) is 6.10 Å². The lowest BCUT2D eigenvalue weighted by molar-refractivity contribution is -0.0935. The summed E-state index contributed by atoms with van der Waals surface area (Å²) in [5, 5.41) is 1.11. The Morgan fingerprint density at radius 1 is 1.07 bits per heavy atom. The number of hydrogen-bond donors (Lipinski definition) is 0. The lowest BCUT2D eigenvalue weighted by Gasteiger charge is -2.22. The Kier molecular flexibility index (Phi) is 5.51. The summed E-state index contributed by atoms with van der Waals surface area (Å²) in [6, 6.07) is 16.1. The summed E-state index contributed by atoms with van der Waals surface area (Å²) in [5.74, 6) is 1.53. The van der Waals surface area contributed by atoms with Gasteiger partial charge in [-0.25, -0.2) is 0 Å². The van der Waals surface area contributed by atoms with Gasteiger partial charge in [-0.1, -0.05) is 24.3 Å². The topological polar surface area (TPSA) is 49.8 Å². The van der Waals surface area contributed by atoms with E-state index in [9.17, 15) is 0 Å². The van der Waals surface area contributed by atoms with Crippen LogP contribution in [0.5, 0.6) is 11.5 Å². The molecule has 4 rings (SSSR count). The first-order valence-corrected chi connectivity index (χ1v) is 9.19. The second-order valence-corrected chi connectivity index (χ2v) is 6.48. The minimum absolute atomic E-state index is 0.103. The van der Waals surface area contributed by atoms with E-state index in [1.165, 1.54) is 0 Å². The molecule has 1 aromatic heterocycles. The Balaban J connectivity index is 1.57. The van der Waals surface area contributed by atoms with Gasteiger partial charge in [0.1, 0.15) is 11.5 Å². The van der Waals surface area contributed by atoms with E-state index < -0.39 is 0 Å². The number of nitrogens with zero attached hydrogens (tertiary/aromatic N) is 1. The van der Waals surface area contributed by atoms with E-state index in [4.69, 9.17) is 18.9 Å². The van der Waals surface area contributed by atoms with E-state index in [1.807, 2.05) is 36.5 Å². The molecule has 2 aromatic carbocycles. The Morgan fingerprint density at radius 2 is 1.96 bits per heavy atom. The van der Waals surface area contributed by atoms with Crippen molar-refractivity contribution in [2.24, 2.45) is 0 Å². The summed E-state index contributed by atoms with van der Waals surface area (Å²) >= 11 is 0. The molecule has 3 aromatic rings. The second kappa shape index (κ2) is 8.37. The predicted molar refractivity (Wildman–Crippen MR) is 104 cm³/mol. The largest absolute Gasteiger partial charge is 0.497 e. The summed E-state index contributed by atoms with van der Waals surface area (Å²) in [5.41, 5.74) is 3.04. The van der Waals surface area contributed by atoms with Gasteiger partial charge in [0, 0.05) is 29.6 Å². The molecule has 0 spiro atoms. The van der Waals surface area contributed by atoms with Crippen LogP contribution in [0.3, 0.4) is 0 Å². The molecule has 2 heterocycles. The van der Waals surface area contributed by atoms with Gasteiger partial charge in [0.05, 0.1) is 45.2 Å². The van der Waals surface area contributed by atoms with Crippen molar-refractivity contribution >= 4 is 10.9 Å². The van der Waals surface area contributed by atoms with Crippen molar-refractivity contribution in [2.45, 2.75) is 12.5 Å². The average Bonchev–Trinajstić information content (AvgIpc) is 2.74. The number of benzene rings is 2. The molecule has 0 amide bonds. The maximum absolute atomic E-state index is 5.99. The standard InChI is InChI=1S/C22H23NO4/c1-24-19-12-17(21-6-2-4-16-5-3-8-23-22(16)21)13-20(14-19)26-9-7-18-15-25-10-11-27-18/h2-6,8,12-14,18H,7,9-11,15H2,1H3. The van der Waals surface area contributed by atoms with Gasteiger partial charge >= 0.3 is 0 Å². The van der Waals surface area contributed by atoms with E-state index >= 15 is 0 Å². The Bertz CT molecular complexity index is 900. The number of pyridine rings is 1. The van der Waals surface area contributed by atoms with Crippen LogP contribution in [0.15, 0.2) is 54.7 Å². The Labute approximate surface area is 158 Å². The molecule has 140 valence electrons. The molecule has 1 saturated heterocycles. The third kappa shape index (κ3) is 4.21. The highest BCUT2D eigenvalue weighted by Crippen LogP contribution is 2.33. The van der Waals surface area contributed by atoms with Crippen LogP contribution in [0, 0.1) is 0 Å². The number of hydrogen-bond acceptors (Lipinski definition) is 5. The van der Waals surface area contributed by atoms with Gasteiger partial charge in [0.15, 0.2) is 0 Å². The van der Waals surface area contributed by atoms with Gasteiger partial charge < -0.3 is 18.9 Å². The van der Waals surface area contributed by atoms with Gasteiger partial charge in [0.2, 0.25) is 0 Å². The van der Waals surface area contributed by atoms with Crippen molar-refractivity contribution in [3.8, 4) is 22.6 Å². The van der Waals surface area contributed by atoms with Crippen LogP contribution in [0.2, 0.25) is 0 Å². The quantitative estimate of drug-likeness (QED) is 0.658. The van der Waals surface area contributed by atoms with Crippen LogP contribution in [-0.2, 0) is 9.47 Å². The molecule has 1 unspecified atom stereocenters. The van der Waals surface area contributed by atoms with E-state index in [0.29, 0.717) is 26.4 Å². The summed E-state index contributed by atoms with van der Waals surface area (Å²) in [4.78, 5) is 4.55. The number of rotatable bonds is 6. The SMILES string of the molecule is COc1cc(OCCC2COCCO2)cc(-c2cccc3cccnc23)c1. The van der Waals surface area contributed by atoms with Crippen molar-refractivity contribution in [2.75, 3.05) is 33.5 Å². The first-order valence-electron chi connectivity index (χ1n) is 9.19. The van der Waals surface area contributed by atoms with Crippen LogP contribution < -0.4 is 9.47 Å². The van der Waals surface area contributed by atoms with Gasteiger partial charge in [-0.05, 0) is 23.8 Å². The number of fused-ring (bicyclic) bond motifs is 1. The molecule has 0 saturated carbocycles. The molecule has 1 fully saturated rings. The molecule has 0 aliphatic carbocycles. The van der Waals surface area contributed by atoms with Crippen molar-refractivity contribution < 1.29 is 18.9 Å².